The molecule has 1 aromatic rings. The second-order valence-corrected chi connectivity index (χ2v) is 6.98. The molecule has 0 aromatic heterocycles. The third-order valence-corrected chi connectivity index (χ3v) is 5.39. The summed E-state index contributed by atoms with van der Waals surface area (Å²) in [6, 6.07) is 4.67. The zero-order valence-corrected chi connectivity index (χ0v) is 16.8. The maximum Gasteiger partial charge on any atom is 0.322 e. The van der Waals surface area contributed by atoms with Crippen LogP contribution in [0, 0.1) is 0 Å². The average molecular weight is 385 g/mol. The molecule has 0 radical (unpaired) electrons. The maximum atomic E-state index is 13.3. The van der Waals surface area contributed by atoms with E-state index in [1.165, 1.54) is 0 Å². The normalized spacial score (nSPS) is 20.1. The Kier molecular flexibility index (Phi) is 5.63. The fourth-order valence-electron chi connectivity index (χ4n) is 3.66. The van der Waals surface area contributed by atoms with Crippen LogP contribution < -0.4 is 14.8 Å². The molecule has 1 N–H and O–H groups in total. The Labute approximate surface area is 165 Å². The first-order valence-corrected chi connectivity index (χ1v) is 9.41. The molecule has 0 saturated carbocycles. The Morgan fingerprint density at radius 2 is 1.89 bits per heavy atom. The van der Waals surface area contributed by atoms with Gasteiger partial charge in [-0.3, -0.25) is 9.69 Å². The molecule has 2 heterocycles. The lowest BCUT2D eigenvalue weighted by molar-refractivity contribution is -0.127. The van der Waals surface area contributed by atoms with Crippen molar-refractivity contribution in [1.82, 2.24) is 15.1 Å². The summed E-state index contributed by atoms with van der Waals surface area (Å²) in [7, 11) is 3.14. The molecule has 0 bridgehead atoms. The number of methoxy groups -OCH3 is 2. The zero-order chi connectivity index (χ0) is 20.4. The van der Waals surface area contributed by atoms with Crippen molar-refractivity contribution in [3.05, 3.63) is 47.7 Å². The van der Waals surface area contributed by atoms with Crippen molar-refractivity contribution in [3.63, 3.8) is 0 Å². The smallest absolute Gasteiger partial charge is 0.322 e. The predicted molar refractivity (Wildman–Crippen MR) is 106 cm³/mol. The van der Waals surface area contributed by atoms with Gasteiger partial charge in [-0.15, -0.1) is 6.58 Å². The van der Waals surface area contributed by atoms with E-state index in [-0.39, 0.29) is 18.0 Å². The minimum Gasteiger partial charge on any atom is -0.497 e. The van der Waals surface area contributed by atoms with Crippen LogP contribution in [0.25, 0.3) is 0 Å². The fraction of sp³-hybridized carbons (Fsp3) is 0.429. The van der Waals surface area contributed by atoms with Gasteiger partial charge in [0.1, 0.15) is 11.5 Å². The van der Waals surface area contributed by atoms with Crippen LogP contribution in [0.4, 0.5) is 4.79 Å². The van der Waals surface area contributed by atoms with E-state index in [1.807, 2.05) is 30.9 Å². The molecule has 0 saturated heterocycles. The minimum atomic E-state index is -0.561. The summed E-state index contributed by atoms with van der Waals surface area (Å²) in [6.45, 7) is 8.57. The highest BCUT2D eigenvalue weighted by Crippen LogP contribution is 2.39. The molecular weight excluding hydrogens is 358 g/mol. The molecule has 2 aliphatic heterocycles. The number of hydrogen-bond acceptors (Lipinski definition) is 4. The molecule has 0 aliphatic carbocycles. The highest BCUT2D eigenvalue weighted by Gasteiger charge is 2.44. The summed E-state index contributed by atoms with van der Waals surface area (Å²) in [5, 5.41) is 2.97. The lowest BCUT2D eigenvalue weighted by Gasteiger charge is -2.33. The Bertz CT molecular complexity index is 811. The summed E-state index contributed by atoms with van der Waals surface area (Å²) in [4.78, 5) is 29.5. The van der Waals surface area contributed by atoms with Crippen LogP contribution in [0.5, 0.6) is 11.5 Å². The van der Waals surface area contributed by atoms with Crippen molar-refractivity contribution in [2.45, 2.75) is 32.4 Å². The molecule has 2 unspecified atom stereocenters. The molecular formula is C21H27N3O4. The highest BCUT2D eigenvalue weighted by atomic mass is 16.5. The topological polar surface area (TPSA) is 71.1 Å². The first-order valence-electron chi connectivity index (χ1n) is 9.41. The van der Waals surface area contributed by atoms with E-state index in [0.717, 1.165) is 17.7 Å². The number of carbonyl (C=O) groups is 2. The fourth-order valence-corrected chi connectivity index (χ4v) is 3.66. The average Bonchev–Trinajstić information content (AvgIpc) is 3.06. The maximum absolute atomic E-state index is 13.3. The Morgan fingerprint density at radius 1 is 1.25 bits per heavy atom. The first-order chi connectivity index (χ1) is 13.4. The largest absolute Gasteiger partial charge is 0.497 e. The molecule has 1 aromatic carbocycles. The molecule has 3 rings (SSSR count). The van der Waals surface area contributed by atoms with Crippen LogP contribution in [-0.4, -0.2) is 55.1 Å². The van der Waals surface area contributed by atoms with Gasteiger partial charge in [0.25, 0.3) is 5.91 Å². The van der Waals surface area contributed by atoms with Gasteiger partial charge >= 0.3 is 6.03 Å². The number of hydrogen-bond donors (Lipinski definition) is 1. The number of urea groups is 1. The van der Waals surface area contributed by atoms with Crippen LogP contribution in [0.3, 0.4) is 0 Å². The molecule has 28 heavy (non-hydrogen) atoms. The second-order valence-electron chi connectivity index (χ2n) is 6.98. The van der Waals surface area contributed by atoms with E-state index in [9.17, 15) is 9.59 Å². The molecule has 0 fully saturated rings. The monoisotopic (exact) mass is 385 g/mol. The van der Waals surface area contributed by atoms with Crippen molar-refractivity contribution >= 4 is 11.9 Å². The number of carbonyl (C=O) groups excluding carboxylic acids is 2. The van der Waals surface area contributed by atoms with E-state index < -0.39 is 6.04 Å². The Balaban J connectivity index is 2.11. The SMILES string of the molecule is C=CCN1C(=O)NC(c2cc(OC)cc(OC)c2)C2=C1CN(C(C)CC)C2=O. The molecule has 2 aliphatic rings. The number of nitrogens with zero attached hydrogens (tertiary/aromatic N) is 2. The molecule has 2 atom stereocenters. The second kappa shape index (κ2) is 7.96. The lowest BCUT2D eigenvalue weighted by atomic mass is 9.95. The van der Waals surface area contributed by atoms with Gasteiger partial charge in [0.2, 0.25) is 0 Å². The van der Waals surface area contributed by atoms with Crippen molar-refractivity contribution in [2.24, 2.45) is 0 Å². The van der Waals surface area contributed by atoms with E-state index in [4.69, 9.17) is 9.47 Å². The third-order valence-electron chi connectivity index (χ3n) is 5.39. The standard InChI is InChI=1S/C21H27N3O4/c1-6-8-23-17-12-24(13(3)7-2)20(25)18(17)19(22-21(23)26)14-9-15(27-4)11-16(10-14)28-5/h6,9-11,13,19H,1,7-8,12H2,2-5H3,(H,22,26). The summed E-state index contributed by atoms with van der Waals surface area (Å²) < 4.78 is 10.7. The van der Waals surface area contributed by atoms with Gasteiger partial charge in [-0.05, 0) is 31.0 Å². The molecule has 0 spiro atoms. The van der Waals surface area contributed by atoms with Crippen LogP contribution >= 0.6 is 0 Å². The van der Waals surface area contributed by atoms with E-state index in [0.29, 0.717) is 30.2 Å². The predicted octanol–water partition coefficient (Wildman–Crippen LogP) is 2.85. The van der Waals surface area contributed by atoms with E-state index in [1.54, 1.807) is 31.3 Å². The molecule has 7 nitrogen and oxygen atoms in total. The van der Waals surface area contributed by atoms with Crippen molar-refractivity contribution in [2.75, 3.05) is 27.3 Å². The van der Waals surface area contributed by atoms with Crippen LogP contribution in [0.15, 0.2) is 42.1 Å². The van der Waals surface area contributed by atoms with Gasteiger partial charge in [0.05, 0.1) is 38.1 Å². The number of ether oxygens (including phenoxy) is 2. The Hall–Kier alpha value is -2.96. The van der Waals surface area contributed by atoms with E-state index in [2.05, 4.69) is 11.9 Å². The number of benzene rings is 1. The van der Waals surface area contributed by atoms with Gasteiger partial charge in [0, 0.05) is 18.7 Å². The van der Waals surface area contributed by atoms with Gasteiger partial charge in [-0.1, -0.05) is 13.0 Å². The molecule has 7 heteroatoms. The highest BCUT2D eigenvalue weighted by molar-refractivity contribution is 6.01. The first kappa shape index (κ1) is 19.8. The van der Waals surface area contributed by atoms with Gasteiger partial charge in [-0.25, -0.2) is 4.79 Å². The third kappa shape index (κ3) is 3.32. The van der Waals surface area contributed by atoms with Gasteiger partial charge in [0.15, 0.2) is 0 Å². The summed E-state index contributed by atoms with van der Waals surface area (Å²) >= 11 is 0. The minimum absolute atomic E-state index is 0.0507. The van der Waals surface area contributed by atoms with Crippen molar-refractivity contribution in [3.8, 4) is 11.5 Å². The van der Waals surface area contributed by atoms with Gasteiger partial charge < -0.3 is 19.7 Å². The van der Waals surface area contributed by atoms with Gasteiger partial charge in [-0.2, -0.15) is 0 Å². The quantitative estimate of drug-likeness (QED) is 0.733. The summed E-state index contributed by atoms with van der Waals surface area (Å²) in [5.41, 5.74) is 2.08. The van der Waals surface area contributed by atoms with Crippen LogP contribution in [-0.2, 0) is 4.79 Å². The number of rotatable bonds is 7. The van der Waals surface area contributed by atoms with Crippen molar-refractivity contribution < 1.29 is 19.1 Å². The summed E-state index contributed by atoms with van der Waals surface area (Å²) in [5.74, 6) is 1.15. The molecule has 150 valence electrons. The van der Waals surface area contributed by atoms with Crippen LogP contribution in [0.2, 0.25) is 0 Å². The lowest BCUT2D eigenvalue weighted by Crippen LogP contribution is -2.47. The Morgan fingerprint density at radius 3 is 2.43 bits per heavy atom. The van der Waals surface area contributed by atoms with E-state index >= 15 is 0 Å². The molecule has 3 amide bonds. The number of nitrogens with one attached hydrogen (secondary N) is 1. The van der Waals surface area contributed by atoms with Crippen molar-refractivity contribution in [1.29, 1.82) is 0 Å². The van der Waals surface area contributed by atoms with Crippen LogP contribution in [0.1, 0.15) is 31.9 Å². The number of amides is 3. The zero-order valence-electron chi connectivity index (χ0n) is 16.8. The summed E-state index contributed by atoms with van der Waals surface area (Å²) in [6.07, 6.45) is 2.50.